The molecule has 27 heavy (non-hydrogen) atoms. The van der Waals surface area contributed by atoms with E-state index in [0.29, 0.717) is 17.4 Å². The van der Waals surface area contributed by atoms with E-state index in [9.17, 15) is 4.39 Å². The molecule has 0 spiro atoms. The second kappa shape index (κ2) is 6.59. The Kier molecular flexibility index (Phi) is 3.94. The van der Waals surface area contributed by atoms with Crippen molar-refractivity contribution >= 4 is 10.9 Å². The molecule has 1 N–H and O–H groups in total. The maximum absolute atomic E-state index is 13.1. The molecular formula is C20H18FN5O. The van der Waals surface area contributed by atoms with Gasteiger partial charge in [-0.3, -0.25) is 4.90 Å². The number of hydrogen-bond acceptors (Lipinski definition) is 5. The van der Waals surface area contributed by atoms with Gasteiger partial charge >= 0.3 is 0 Å². The van der Waals surface area contributed by atoms with Gasteiger partial charge in [0.1, 0.15) is 11.5 Å². The van der Waals surface area contributed by atoms with Crippen molar-refractivity contribution in [3.05, 3.63) is 66.1 Å². The first kappa shape index (κ1) is 16.1. The summed E-state index contributed by atoms with van der Waals surface area (Å²) in [5, 5.41) is 5.28. The van der Waals surface area contributed by atoms with Crippen LogP contribution in [0.3, 0.4) is 0 Å². The number of nitrogens with one attached hydrogen (secondary N) is 1. The van der Waals surface area contributed by atoms with Crippen LogP contribution in [-0.2, 0) is 6.54 Å². The Labute approximate surface area is 155 Å². The number of hydrogen-bond donors (Lipinski definition) is 1. The fraction of sp³-hybridized carbons (Fsp3) is 0.250. The predicted molar refractivity (Wildman–Crippen MR) is 98.2 cm³/mol. The van der Waals surface area contributed by atoms with Crippen molar-refractivity contribution in [2.24, 2.45) is 0 Å². The Hall–Kier alpha value is -3.06. The van der Waals surface area contributed by atoms with E-state index >= 15 is 0 Å². The number of H-pyrrole nitrogens is 1. The molecule has 136 valence electrons. The molecule has 4 heterocycles. The van der Waals surface area contributed by atoms with Crippen LogP contribution >= 0.6 is 0 Å². The monoisotopic (exact) mass is 363 g/mol. The largest absolute Gasteiger partial charge is 0.361 e. The van der Waals surface area contributed by atoms with Crippen molar-refractivity contribution in [1.82, 2.24) is 25.0 Å². The van der Waals surface area contributed by atoms with Crippen LogP contribution in [0.1, 0.15) is 30.3 Å². The van der Waals surface area contributed by atoms with Crippen molar-refractivity contribution in [1.29, 1.82) is 0 Å². The molecule has 1 unspecified atom stereocenters. The first-order valence-corrected chi connectivity index (χ1v) is 9.02. The van der Waals surface area contributed by atoms with Crippen molar-refractivity contribution in [2.45, 2.75) is 25.4 Å². The van der Waals surface area contributed by atoms with E-state index in [0.717, 1.165) is 37.6 Å². The number of likely N-dealkylation sites (tertiary alicyclic amines) is 1. The molecule has 1 aliphatic heterocycles. The SMILES string of the molecule is Fc1ccc(-c2noc(C3CCCN3Cc3c[nH]c4ccccc34)n2)nc1. The Morgan fingerprint density at radius 2 is 2.15 bits per heavy atom. The molecule has 0 radical (unpaired) electrons. The highest BCUT2D eigenvalue weighted by Crippen LogP contribution is 2.34. The fourth-order valence-electron chi connectivity index (χ4n) is 3.76. The van der Waals surface area contributed by atoms with Gasteiger partial charge in [-0.25, -0.2) is 9.37 Å². The highest BCUT2D eigenvalue weighted by molar-refractivity contribution is 5.82. The van der Waals surface area contributed by atoms with Gasteiger partial charge in [0.2, 0.25) is 11.7 Å². The van der Waals surface area contributed by atoms with E-state index in [1.54, 1.807) is 6.07 Å². The Morgan fingerprint density at radius 1 is 1.22 bits per heavy atom. The molecule has 0 bridgehead atoms. The average molecular weight is 363 g/mol. The topological polar surface area (TPSA) is 70.8 Å². The number of benzene rings is 1. The Morgan fingerprint density at radius 3 is 3.04 bits per heavy atom. The summed E-state index contributed by atoms with van der Waals surface area (Å²) in [6, 6.07) is 11.3. The van der Waals surface area contributed by atoms with Gasteiger partial charge in [-0.15, -0.1) is 0 Å². The molecule has 0 saturated carbocycles. The molecule has 5 rings (SSSR count). The number of aromatic amines is 1. The molecular weight excluding hydrogens is 345 g/mol. The lowest BCUT2D eigenvalue weighted by molar-refractivity contribution is 0.202. The van der Waals surface area contributed by atoms with Gasteiger partial charge in [0.05, 0.1) is 12.2 Å². The van der Waals surface area contributed by atoms with Gasteiger partial charge in [-0.1, -0.05) is 23.4 Å². The van der Waals surface area contributed by atoms with Crippen LogP contribution in [0.2, 0.25) is 0 Å². The lowest BCUT2D eigenvalue weighted by atomic mass is 10.1. The number of rotatable bonds is 4. The second-order valence-electron chi connectivity index (χ2n) is 6.81. The van der Waals surface area contributed by atoms with Crippen molar-refractivity contribution < 1.29 is 8.91 Å². The molecule has 0 aliphatic carbocycles. The van der Waals surface area contributed by atoms with Crippen LogP contribution in [0.25, 0.3) is 22.4 Å². The summed E-state index contributed by atoms with van der Waals surface area (Å²) >= 11 is 0. The van der Waals surface area contributed by atoms with Gasteiger partial charge in [0.25, 0.3) is 0 Å². The molecule has 1 aliphatic rings. The first-order valence-electron chi connectivity index (χ1n) is 9.02. The number of fused-ring (bicyclic) bond motifs is 1. The van der Waals surface area contributed by atoms with Crippen LogP contribution in [0.5, 0.6) is 0 Å². The van der Waals surface area contributed by atoms with E-state index in [1.807, 2.05) is 6.07 Å². The second-order valence-corrected chi connectivity index (χ2v) is 6.81. The highest BCUT2D eigenvalue weighted by atomic mass is 19.1. The molecule has 1 fully saturated rings. The third-order valence-corrected chi connectivity index (χ3v) is 5.10. The first-order chi connectivity index (χ1) is 13.3. The van der Waals surface area contributed by atoms with E-state index < -0.39 is 0 Å². The lowest BCUT2D eigenvalue weighted by Crippen LogP contribution is -2.22. The van der Waals surface area contributed by atoms with Crippen molar-refractivity contribution in [3.63, 3.8) is 0 Å². The summed E-state index contributed by atoms with van der Waals surface area (Å²) < 4.78 is 18.6. The summed E-state index contributed by atoms with van der Waals surface area (Å²) in [5.74, 6) is 0.598. The summed E-state index contributed by atoms with van der Waals surface area (Å²) in [6.45, 7) is 1.80. The molecule has 6 nitrogen and oxygen atoms in total. The fourth-order valence-corrected chi connectivity index (χ4v) is 3.76. The number of halogens is 1. The molecule has 1 saturated heterocycles. The molecule has 7 heteroatoms. The number of aromatic nitrogens is 4. The minimum atomic E-state index is -0.386. The quantitative estimate of drug-likeness (QED) is 0.591. The maximum atomic E-state index is 13.1. The van der Waals surface area contributed by atoms with E-state index in [1.165, 1.54) is 17.0 Å². The van der Waals surface area contributed by atoms with Gasteiger partial charge in [-0.2, -0.15) is 4.98 Å². The minimum Gasteiger partial charge on any atom is -0.361 e. The van der Waals surface area contributed by atoms with Gasteiger partial charge in [-0.05, 0) is 43.1 Å². The maximum Gasteiger partial charge on any atom is 0.244 e. The van der Waals surface area contributed by atoms with E-state index in [2.05, 4.69) is 49.4 Å². The van der Waals surface area contributed by atoms with Crippen LogP contribution in [0.4, 0.5) is 4.39 Å². The predicted octanol–water partition coefficient (Wildman–Crippen LogP) is 4.09. The average Bonchev–Trinajstić information content (AvgIpc) is 3.43. The third kappa shape index (κ3) is 3.00. The van der Waals surface area contributed by atoms with Crippen molar-refractivity contribution in [3.8, 4) is 11.5 Å². The summed E-state index contributed by atoms with van der Waals surface area (Å²) in [7, 11) is 0. The molecule has 4 aromatic rings. The summed E-state index contributed by atoms with van der Waals surface area (Å²) in [4.78, 5) is 14.2. The number of pyridine rings is 1. The van der Waals surface area contributed by atoms with Crippen molar-refractivity contribution in [2.75, 3.05) is 6.54 Å². The highest BCUT2D eigenvalue weighted by Gasteiger charge is 2.31. The standard InChI is InChI=1S/C20H18FN5O/c21-14-7-8-17(23-11-14)19-24-20(27-25-19)18-6-3-9-26(18)12-13-10-22-16-5-2-1-4-15(13)16/h1-2,4-5,7-8,10-11,18,22H,3,6,9,12H2. The molecule has 1 aromatic carbocycles. The zero-order valence-electron chi connectivity index (χ0n) is 14.6. The van der Waals surface area contributed by atoms with Gasteiger partial charge < -0.3 is 9.51 Å². The molecule has 1 atom stereocenters. The normalized spacial score (nSPS) is 17.7. The smallest absolute Gasteiger partial charge is 0.244 e. The zero-order chi connectivity index (χ0) is 18.2. The van der Waals surface area contributed by atoms with Crippen LogP contribution in [-0.4, -0.2) is 31.6 Å². The van der Waals surface area contributed by atoms with E-state index in [4.69, 9.17) is 4.52 Å². The Bertz CT molecular complexity index is 1070. The van der Waals surface area contributed by atoms with E-state index in [-0.39, 0.29) is 11.9 Å². The molecule has 0 amide bonds. The minimum absolute atomic E-state index is 0.0837. The van der Waals surface area contributed by atoms with Crippen LogP contribution in [0.15, 0.2) is 53.3 Å². The van der Waals surface area contributed by atoms with Gasteiger partial charge in [0.15, 0.2) is 0 Å². The van der Waals surface area contributed by atoms with Gasteiger partial charge in [0, 0.05) is 23.6 Å². The Balaban J connectivity index is 1.39. The van der Waals surface area contributed by atoms with Crippen LogP contribution in [0, 0.1) is 5.82 Å². The lowest BCUT2D eigenvalue weighted by Gasteiger charge is -2.21. The third-order valence-electron chi connectivity index (χ3n) is 5.10. The van der Waals surface area contributed by atoms with Crippen LogP contribution < -0.4 is 0 Å². The number of nitrogens with zero attached hydrogens (tertiary/aromatic N) is 4. The number of para-hydroxylation sites is 1. The summed E-state index contributed by atoms with van der Waals surface area (Å²) in [5.41, 5.74) is 2.91. The zero-order valence-corrected chi connectivity index (χ0v) is 14.6. The molecule has 3 aromatic heterocycles. The summed E-state index contributed by atoms with van der Waals surface area (Å²) in [6.07, 6.45) is 5.28.